The van der Waals surface area contributed by atoms with Crippen LogP contribution in [0.2, 0.25) is 0 Å². The summed E-state index contributed by atoms with van der Waals surface area (Å²) in [6, 6.07) is 9.81. The molecule has 0 amide bonds. The highest BCUT2D eigenvalue weighted by Crippen LogP contribution is 2.26. The number of hydrogen-bond acceptors (Lipinski definition) is 4. The predicted octanol–water partition coefficient (Wildman–Crippen LogP) is 2.36. The molecule has 0 atom stereocenters. The molecule has 3 rings (SSSR count). The molecule has 3 aromatic rings. The molecule has 1 N–H and O–H groups in total. The maximum absolute atomic E-state index is 11.4. The zero-order valence-electron chi connectivity index (χ0n) is 9.10. The van der Waals surface area contributed by atoms with Crippen molar-refractivity contribution in [1.82, 2.24) is 15.0 Å². The van der Waals surface area contributed by atoms with Gasteiger partial charge in [0.1, 0.15) is 10.5 Å². The van der Waals surface area contributed by atoms with Crippen molar-refractivity contribution in [2.24, 2.45) is 0 Å². The number of benzene rings is 1. The van der Waals surface area contributed by atoms with E-state index in [-0.39, 0.29) is 4.87 Å². The number of aryl methyl sites for hydroxylation is 1. The first-order chi connectivity index (χ1) is 8.24. The van der Waals surface area contributed by atoms with Crippen LogP contribution in [-0.4, -0.2) is 15.0 Å². The van der Waals surface area contributed by atoms with Crippen LogP contribution in [-0.2, 0) is 0 Å². The van der Waals surface area contributed by atoms with Crippen LogP contribution in [0.3, 0.4) is 0 Å². The highest BCUT2D eigenvalue weighted by atomic mass is 32.1. The molecular weight excluding hydrogens is 234 g/mol. The number of H-pyrrole nitrogens is 1. The molecule has 0 aliphatic rings. The summed E-state index contributed by atoms with van der Waals surface area (Å²) in [7, 11) is 0. The van der Waals surface area contributed by atoms with E-state index in [2.05, 4.69) is 15.0 Å². The highest BCUT2D eigenvalue weighted by molar-refractivity contribution is 7.16. The van der Waals surface area contributed by atoms with Gasteiger partial charge >= 0.3 is 4.87 Å². The van der Waals surface area contributed by atoms with E-state index < -0.39 is 0 Å². The third-order valence-electron chi connectivity index (χ3n) is 2.44. The van der Waals surface area contributed by atoms with Crippen LogP contribution in [0.5, 0.6) is 0 Å². The van der Waals surface area contributed by atoms with Gasteiger partial charge in [0, 0.05) is 5.56 Å². The van der Waals surface area contributed by atoms with Gasteiger partial charge in [0.25, 0.3) is 0 Å². The SMILES string of the molecule is Cc1nc(-c2ccccc2)c2sc(=O)[nH]c2n1. The van der Waals surface area contributed by atoms with Crippen molar-refractivity contribution >= 4 is 21.7 Å². The van der Waals surface area contributed by atoms with Gasteiger partial charge in [-0.2, -0.15) is 0 Å². The Bertz CT molecular complexity index is 730. The minimum atomic E-state index is -0.0999. The Kier molecular flexibility index (Phi) is 2.26. The second-order valence-corrected chi connectivity index (χ2v) is 4.66. The summed E-state index contributed by atoms with van der Waals surface area (Å²) in [6.07, 6.45) is 0. The van der Waals surface area contributed by atoms with Crippen molar-refractivity contribution in [3.05, 3.63) is 45.8 Å². The van der Waals surface area contributed by atoms with Crippen LogP contribution < -0.4 is 4.87 Å². The second-order valence-electron chi connectivity index (χ2n) is 3.68. The zero-order valence-corrected chi connectivity index (χ0v) is 9.91. The lowest BCUT2D eigenvalue weighted by Crippen LogP contribution is -1.94. The van der Waals surface area contributed by atoms with Gasteiger partial charge in [0.05, 0.1) is 5.69 Å². The summed E-state index contributed by atoms with van der Waals surface area (Å²) in [5, 5.41) is 0. The van der Waals surface area contributed by atoms with Crippen molar-refractivity contribution in [2.45, 2.75) is 6.92 Å². The normalized spacial score (nSPS) is 10.9. The Hall–Kier alpha value is -2.01. The van der Waals surface area contributed by atoms with Crippen LogP contribution >= 0.6 is 11.3 Å². The molecule has 0 unspecified atom stereocenters. The summed E-state index contributed by atoms with van der Waals surface area (Å²) in [4.78, 5) is 22.7. The van der Waals surface area contributed by atoms with E-state index in [1.807, 2.05) is 37.3 Å². The van der Waals surface area contributed by atoms with Crippen LogP contribution in [0.1, 0.15) is 5.82 Å². The predicted molar refractivity (Wildman–Crippen MR) is 68.2 cm³/mol. The maximum atomic E-state index is 11.4. The van der Waals surface area contributed by atoms with Crippen molar-refractivity contribution < 1.29 is 0 Å². The summed E-state index contributed by atoms with van der Waals surface area (Å²) >= 11 is 1.15. The number of nitrogens with one attached hydrogen (secondary N) is 1. The Morgan fingerprint density at radius 1 is 1.18 bits per heavy atom. The Labute approximate surface area is 101 Å². The monoisotopic (exact) mass is 243 g/mol. The molecule has 0 aliphatic carbocycles. The average Bonchev–Trinajstić information content (AvgIpc) is 2.69. The van der Waals surface area contributed by atoms with Gasteiger partial charge in [-0.05, 0) is 6.92 Å². The smallest absolute Gasteiger partial charge is 0.297 e. The molecular formula is C12H9N3OS. The summed E-state index contributed by atoms with van der Waals surface area (Å²) in [6.45, 7) is 1.82. The number of hydrogen-bond donors (Lipinski definition) is 1. The lowest BCUT2D eigenvalue weighted by Gasteiger charge is -2.02. The summed E-state index contributed by atoms with van der Waals surface area (Å²) in [5.41, 5.74) is 2.43. The molecule has 0 saturated heterocycles. The third-order valence-corrected chi connectivity index (χ3v) is 3.32. The van der Waals surface area contributed by atoms with E-state index in [1.165, 1.54) is 0 Å². The number of thiazole rings is 1. The molecule has 0 bridgehead atoms. The number of rotatable bonds is 1. The zero-order chi connectivity index (χ0) is 11.8. The van der Waals surface area contributed by atoms with Gasteiger partial charge in [-0.25, -0.2) is 9.97 Å². The lowest BCUT2D eigenvalue weighted by molar-refractivity contribution is 1.08. The van der Waals surface area contributed by atoms with E-state index in [9.17, 15) is 4.79 Å². The topological polar surface area (TPSA) is 58.6 Å². The lowest BCUT2D eigenvalue weighted by atomic mass is 10.1. The van der Waals surface area contributed by atoms with E-state index in [0.29, 0.717) is 11.5 Å². The second kappa shape index (κ2) is 3.78. The summed E-state index contributed by atoms with van der Waals surface area (Å²) in [5.74, 6) is 0.658. The minimum absolute atomic E-state index is 0.0999. The van der Waals surface area contributed by atoms with Crippen LogP contribution in [0.4, 0.5) is 0 Å². The van der Waals surface area contributed by atoms with E-state index in [0.717, 1.165) is 27.3 Å². The van der Waals surface area contributed by atoms with Crippen molar-refractivity contribution in [3.8, 4) is 11.3 Å². The van der Waals surface area contributed by atoms with Gasteiger partial charge in [0.2, 0.25) is 0 Å². The van der Waals surface area contributed by atoms with Gasteiger partial charge in [-0.1, -0.05) is 41.7 Å². The molecule has 0 aliphatic heterocycles. The third kappa shape index (κ3) is 1.74. The molecule has 4 nitrogen and oxygen atoms in total. The van der Waals surface area contributed by atoms with Crippen LogP contribution in [0.25, 0.3) is 21.6 Å². The van der Waals surface area contributed by atoms with Gasteiger partial charge in [-0.15, -0.1) is 0 Å². The fraction of sp³-hybridized carbons (Fsp3) is 0.0833. The molecule has 0 fully saturated rings. The largest absolute Gasteiger partial charge is 0.306 e. The fourth-order valence-corrected chi connectivity index (χ4v) is 2.54. The number of aromatic amines is 1. The molecule has 0 radical (unpaired) electrons. The quantitative estimate of drug-likeness (QED) is 0.713. The minimum Gasteiger partial charge on any atom is -0.297 e. The van der Waals surface area contributed by atoms with E-state index >= 15 is 0 Å². The van der Waals surface area contributed by atoms with E-state index in [4.69, 9.17) is 0 Å². The molecule has 84 valence electrons. The molecule has 0 saturated carbocycles. The molecule has 5 heteroatoms. The Morgan fingerprint density at radius 2 is 1.94 bits per heavy atom. The fourth-order valence-electron chi connectivity index (χ4n) is 1.75. The molecule has 2 heterocycles. The molecule has 0 spiro atoms. The van der Waals surface area contributed by atoms with Gasteiger partial charge < -0.3 is 0 Å². The average molecular weight is 243 g/mol. The van der Waals surface area contributed by atoms with E-state index in [1.54, 1.807) is 0 Å². The number of nitrogens with zero attached hydrogens (tertiary/aromatic N) is 2. The van der Waals surface area contributed by atoms with Gasteiger partial charge in [0.15, 0.2) is 5.65 Å². The Balaban J connectivity index is 2.39. The molecule has 2 aromatic heterocycles. The standard InChI is InChI=1S/C12H9N3OS/c1-7-13-9(8-5-3-2-4-6-8)10-11(14-7)15-12(16)17-10/h2-6H,1H3,(H,13,14,15,16). The number of fused-ring (bicyclic) bond motifs is 1. The highest BCUT2D eigenvalue weighted by Gasteiger charge is 2.10. The first kappa shape index (κ1) is 10.2. The summed E-state index contributed by atoms with van der Waals surface area (Å²) < 4.78 is 0.812. The first-order valence-corrected chi connectivity index (χ1v) is 5.98. The van der Waals surface area contributed by atoms with Crippen molar-refractivity contribution in [1.29, 1.82) is 0 Å². The first-order valence-electron chi connectivity index (χ1n) is 5.17. The van der Waals surface area contributed by atoms with Crippen molar-refractivity contribution in [3.63, 3.8) is 0 Å². The number of aromatic nitrogens is 3. The molecule has 1 aromatic carbocycles. The van der Waals surface area contributed by atoms with Crippen LogP contribution in [0.15, 0.2) is 35.1 Å². The maximum Gasteiger partial charge on any atom is 0.306 e. The Morgan fingerprint density at radius 3 is 2.71 bits per heavy atom. The van der Waals surface area contributed by atoms with Crippen LogP contribution in [0, 0.1) is 6.92 Å². The molecule has 17 heavy (non-hydrogen) atoms. The van der Waals surface area contributed by atoms with Crippen molar-refractivity contribution in [2.75, 3.05) is 0 Å². The van der Waals surface area contributed by atoms with Gasteiger partial charge in [-0.3, -0.25) is 9.78 Å².